The molecule has 0 saturated heterocycles. The molecule has 5 heteroatoms. The van der Waals surface area contributed by atoms with Gasteiger partial charge < -0.3 is 5.32 Å². The molecule has 1 saturated carbocycles. The van der Waals surface area contributed by atoms with Crippen molar-refractivity contribution in [1.82, 2.24) is 9.78 Å². The molecule has 1 fully saturated rings. The van der Waals surface area contributed by atoms with Gasteiger partial charge in [0.2, 0.25) is 0 Å². The van der Waals surface area contributed by atoms with Crippen LogP contribution in [-0.2, 0) is 6.54 Å². The van der Waals surface area contributed by atoms with Crippen molar-refractivity contribution >= 4 is 17.3 Å². The van der Waals surface area contributed by atoms with E-state index in [1.54, 1.807) is 6.20 Å². The highest BCUT2D eigenvalue weighted by molar-refractivity contribution is 6.32. The lowest BCUT2D eigenvalue weighted by Crippen LogP contribution is -2.30. The molecule has 1 aromatic heterocycles. The second kappa shape index (κ2) is 6.61. The summed E-state index contributed by atoms with van der Waals surface area (Å²) in [5.41, 5.74) is 0.477. The summed E-state index contributed by atoms with van der Waals surface area (Å²) in [7, 11) is 0. The minimum atomic E-state index is -0.200. The van der Waals surface area contributed by atoms with Crippen molar-refractivity contribution in [3.05, 3.63) is 21.6 Å². The Morgan fingerprint density at radius 3 is 2.90 bits per heavy atom. The first-order valence-electron chi connectivity index (χ1n) is 7.49. The normalized spacial score (nSPS) is 23.1. The Kier molecular flexibility index (Phi) is 5.08. The standard InChI is InChI=1S/C15H24ClN3O/c1-10(2)9-19-15(20)14(16)13(8-17-19)18-12-6-4-5-11(3)7-12/h8,10-12,18H,4-7,9H2,1-3H3. The van der Waals surface area contributed by atoms with Gasteiger partial charge in [-0.25, -0.2) is 4.68 Å². The van der Waals surface area contributed by atoms with E-state index in [-0.39, 0.29) is 10.6 Å². The lowest BCUT2D eigenvalue weighted by atomic mass is 9.87. The summed E-state index contributed by atoms with van der Waals surface area (Å²) in [6.45, 7) is 6.98. The Labute approximate surface area is 125 Å². The summed E-state index contributed by atoms with van der Waals surface area (Å²) in [4.78, 5) is 12.2. The smallest absolute Gasteiger partial charge is 0.287 e. The van der Waals surface area contributed by atoms with Gasteiger partial charge in [0.05, 0.1) is 11.9 Å². The van der Waals surface area contributed by atoms with Gasteiger partial charge in [0.1, 0.15) is 5.02 Å². The Morgan fingerprint density at radius 2 is 2.25 bits per heavy atom. The molecule has 20 heavy (non-hydrogen) atoms. The molecule has 0 aromatic carbocycles. The fourth-order valence-electron chi connectivity index (χ4n) is 2.83. The molecular formula is C15H24ClN3O. The first-order chi connectivity index (χ1) is 9.47. The zero-order valence-corrected chi connectivity index (χ0v) is 13.3. The van der Waals surface area contributed by atoms with Gasteiger partial charge in [0.15, 0.2) is 0 Å². The number of anilines is 1. The maximum Gasteiger partial charge on any atom is 0.287 e. The van der Waals surface area contributed by atoms with Crippen molar-refractivity contribution in [3.8, 4) is 0 Å². The molecule has 1 aliphatic carbocycles. The molecule has 2 unspecified atom stereocenters. The van der Waals surface area contributed by atoms with Gasteiger partial charge in [0.25, 0.3) is 5.56 Å². The summed E-state index contributed by atoms with van der Waals surface area (Å²) in [6.07, 6.45) is 6.47. The molecule has 1 N–H and O–H groups in total. The van der Waals surface area contributed by atoms with Crippen LogP contribution in [0.1, 0.15) is 46.5 Å². The van der Waals surface area contributed by atoms with Crippen molar-refractivity contribution in [1.29, 1.82) is 0 Å². The number of nitrogens with zero attached hydrogens (tertiary/aromatic N) is 2. The number of rotatable bonds is 4. The number of hydrogen-bond donors (Lipinski definition) is 1. The highest BCUT2D eigenvalue weighted by Gasteiger charge is 2.20. The lowest BCUT2D eigenvalue weighted by Gasteiger charge is -2.28. The molecule has 1 aliphatic rings. The van der Waals surface area contributed by atoms with E-state index in [1.165, 1.54) is 17.5 Å². The second-order valence-corrected chi connectivity index (χ2v) is 6.74. The van der Waals surface area contributed by atoms with Crippen LogP contribution in [0.2, 0.25) is 5.02 Å². The van der Waals surface area contributed by atoms with Gasteiger partial charge in [0, 0.05) is 12.6 Å². The molecule has 0 bridgehead atoms. The van der Waals surface area contributed by atoms with Crippen LogP contribution in [0.4, 0.5) is 5.69 Å². The Bertz CT molecular complexity index is 512. The summed E-state index contributed by atoms with van der Waals surface area (Å²) in [6, 6.07) is 0.401. The highest BCUT2D eigenvalue weighted by atomic mass is 35.5. The quantitative estimate of drug-likeness (QED) is 0.924. The van der Waals surface area contributed by atoms with Gasteiger partial charge in [-0.1, -0.05) is 45.2 Å². The summed E-state index contributed by atoms with van der Waals surface area (Å²) in [5, 5.41) is 7.88. The van der Waals surface area contributed by atoms with Crippen LogP contribution in [0, 0.1) is 11.8 Å². The Hall–Kier alpha value is -1.03. The zero-order chi connectivity index (χ0) is 14.7. The maximum atomic E-state index is 12.2. The molecule has 2 atom stereocenters. The van der Waals surface area contributed by atoms with Crippen LogP contribution in [-0.4, -0.2) is 15.8 Å². The summed E-state index contributed by atoms with van der Waals surface area (Å²) >= 11 is 6.20. The van der Waals surface area contributed by atoms with Crippen LogP contribution in [0.15, 0.2) is 11.0 Å². The molecule has 1 heterocycles. The van der Waals surface area contributed by atoms with Crippen LogP contribution in [0.3, 0.4) is 0 Å². The van der Waals surface area contributed by atoms with E-state index in [1.807, 2.05) is 0 Å². The first-order valence-corrected chi connectivity index (χ1v) is 7.87. The number of halogens is 1. The number of aromatic nitrogens is 2. The minimum absolute atomic E-state index is 0.200. The van der Waals surface area contributed by atoms with Crippen molar-refractivity contribution in [2.75, 3.05) is 5.32 Å². The van der Waals surface area contributed by atoms with E-state index in [0.717, 1.165) is 18.8 Å². The van der Waals surface area contributed by atoms with Crippen molar-refractivity contribution in [3.63, 3.8) is 0 Å². The van der Waals surface area contributed by atoms with E-state index in [2.05, 4.69) is 31.2 Å². The van der Waals surface area contributed by atoms with Gasteiger partial charge >= 0.3 is 0 Å². The molecule has 0 spiro atoms. The third-order valence-electron chi connectivity index (χ3n) is 3.82. The Morgan fingerprint density at radius 1 is 1.50 bits per heavy atom. The lowest BCUT2D eigenvalue weighted by molar-refractivity contribution is 0.358. The van der Waals surface area contributed by atoms with Crippen molar-refractivity contribution < 1.29 is 0 Å². The van der Waals surface area contributed by atoms with E-state index in [9.17, 15) is 4.79 Å². The van der Waals surface area contributed by atoms with Gasteiger partial charge in [-0.15, -0.1) is 0 Å². The first kappa shape index (κ1) is 15.4. The molecule has 112 valence electrons. The van der Waals surface area contributed by atoms with Gasteiger partial charge in [-0.2, -0.15) is 5.10 Å². The maximum absolute atomic E-state index is 12.2. The minimum Gasteiger partial charge on any atom is -0.380 e. The zero-order valence-electron chi connectivity index (χ0n) is 12.5. The molecule has 1 aromatic rings. The monoisotopic (exact) mass is 297 g/mol. The summed E-state index contributed by atoms with van der Waals surface area (Å²) < 4.78 is 1.45. The fourth-order valence-corrected chi connectivity index (χ4v) is 3.03. The third-order valence-corrected chi connectivity index (χ3v) is 4.18. The SMILES string of the molecule is CC(C)Cn1ncc(NC2CCCC(C)C2)c(Cl)c1=O. The third kappa shape index (κ3) is 3.75. The molecule has 2 rings (SSSR count). The van der Waals surface area contributed by atoms with Crippen LogP contribution >= 0.6 is 11.6 Å². The Balaban J connectivity index is 2.13. The molecule has 0 radical (unpaired) electrons. The average Bonchev–Trinajstić information content (AvgIpc) is 2.38. The number of hydrogen-bond acceptors (Lipinski definition) is 3. The van der Waals surface area contributed by atoms with E-state index >= 15 is 0 Å². The van der Waals surface area contributed by atoms with E-state index in [4.69, 9.17) is 11.6 Å². The van der Waals surface area contributed by atoms with Crippen molar-refractivity contribution in [2.24, 2.45) is 11.8 Å². The largest absolute Gasteiger partial charge is 0.380 e. The molecule has 0 aliphatic heterocycles. The topological polar surface area (TPSA) is 46.9 Å². The van der Waals surface area contributed by atoms with Crippen LogP contribution in [0.5, 0.6) is 0 Å². The predicted octanol–water partition coefficient (Wildman–Crippen LogP) is 3.54. The second-order valence-electron chi connectivity index (χ2n) is 6.37. The molecule has 4 nitrogen and oxygen atoms in total. The van der Waals surface area contributed by atoms with Crippen LogP contribution < -0.4 is 10.9 Å². The van der Waals surface area contributed by atoms with E-state index < -0.39 is 0 Å². The fraction of sp³-hybridized carbons (Fsp3) is 0.733. The van der Waals surface area contributed by atoms with Gasteiger partial charge in [-0.3, -0.25) is 4.79 Å². The van der Waals surface area contributed by atoms with Crippen molar-refractivity contribution in [2.45, 2.75) is 59.0 Å². The summed E-state index contributed by atoms with van der Waals surface area (Å²) in [5.74, 6) is 1.10. The highest BCUT2D eigenvalue weighted by Crippen LogP contribution is 2.27. The average molecular weight is 298 g/mol. The molecular weight excluding hydrogens is 274 g/mol. The van der Waals surface area contributed by atoms with E-state index in [0.29, 0.717) is 24.2 Å². The number of nitrogens with one attached hydrogen (secondary N) is 1. The van der Waals surface area contributed by atoms with Crippen LogP contribution in [0.25, 0.3) is 0 Å². The van der Waals surface area contributed by atoms with Gasteiger partial charge in [-0.05, 0) is 24.7 Å². The molecule has 0 amide bonds. The predicted molar refractivity (Wildman–Crippen MR) is 83.4 cm³/mol.